The fourth-order valence-corrected chi connectivity index (χ4v) is 3.05. The Morgan fingerprint density at radius 3 is 3.13 bits per heavy atom. The summed E-state index contributed by atoms with van der Waals surface area (Å²) in [6, 6.07) is 0. The molecule has 0 bridgehead atoms. The predicted octanol–water partition coefficient (Wildman–Crippen LogP) is 1.33. The predicted molar refractivity (Wildman–Crippen MR) is 85.3 cm³/mol. The summed E-state index contributed by atoms with van der Waals surface area (Å²) in [5, 5.41) is 7.31. The molecule has 0 aromatic carbocycles. The van der Waals surface area contributed by atoms with Gasteiger partial charge < -0.3 is 14.2 Å². The van der Waals surface area contributed by atoms with Gasteiger partial charge in [-0.2, -0.15) is 5.10 Å². The van der Waals surface area contributed by atoms with Crippen LogP contribution < -0.4 is 0 Å². The van der Waals surface area contributed by atoms with E-state index in [4.69, 9.17) is 14.2 Å². The van der Waals surface area contributed by atoms with Crippen LogP contribution in [0.15, 0.2) is 0 Å². The van der Waals surface area contributed by atoms with E-state index < -0.39 is 0 Å². The summed E-state index contributed by atoms with van der Waals surface area (Å²) >= 11 is 0. The third kappa shape index (κ3) is 4.97. The Morgan fingerprint density at radius 1 is 1.35 bits per heavy atom. The van der Waals surface area contributed by atoms with E-state index in [1.807, 2.05) is 0 Å². The van der Waals surface area contributed by atoms with Crippen molar-refractivity contribution < 1.29 is 14.2 Å². The lowest BCUT2D eigenvalue weighted by molar-refractivity contribution is -0.0467. The first-order valence-electron chi connectivity index (χ1n) is 8.79. The Kier molecular flexibility index (Phi) is 6.38. The summed E-state index contributed by atoms with van der Waals surface area (Å²) in [5.41, 5.74) is 0. The quantitative estimate of drug-likeness (QED) is 0.727. The van der Waals surface area contributed by atoms with Gasteiger partial charge in [0.25, 0.3) is 0 Å². The minimum Gasteiger partial charge on any atom is -0.377 e. The van der Waals surface area contributed by atoms with E-state index in [1.54, 1.807) is 0 Å². The highest BCUT2D eigenvalue weighted by atomic mass is 16.5. The molecule has 1 aromatic rings. The van der Waals surface area contributed by atoms with Crippen LogP contribution in [0, 0.1) is 0 Å². The van der Waals surface area contributed by atoms with Gasteiger partial charge in [0.1, 0.15) is 11.9 Å². The van der Waals surface area contributed by atoms with E-state index in [9.17, 15) is 0 Å². The number of nitrogens with one attached hydrogen (secondary N) is 1. The summed E-state index contributed by atoms with van der Waals surface area (Å²) in [5.74, 6) is 1.72. The van der Waals surface area contributed by atoms with Crippen molar-refractivity contribution in [1.82, 2.24) is 20.1 Å². The Hall–Kier alpha value is -1.02. The van der Waals surface area contributed by atoms with Gasteiger partial charge in [-0.1, -0.05) is 6.92 Å². The summed E-state index contributed by atoms with van der Waals surface area (Å²) in [6.07, 6.45) is 4.55. The van der Waals surface area contributed by atoms with Crippen LogP contribution in [0.1, 0.15) is 43.9 Å². The molecule has 0 saturated carbocycles. The SMILES string of the molecule is CCCc1nc([C@@H]2CN(CCOC[C@@H]3CCCO3)CCO2)n[nH]1. The van der Waals surface area contributed by atoms with Gasteiger partial charge in [0.15, 0.2) is 5.82 Å². The molecule has 3 rings (SSSR count). The number of aromatic amines is 1. The Balaban J connectivity index is 1.38. The molecule has 0 radical (unpaired) electrons. The van der Waals surface area contributed by atoms with Crippen molar-refractivity contribution in [1.29, 1.82) is 0 Å². The molecular formula is C16H28N4O3. The Labute approximate surface area is 137 Å². The molecule has 3 heterocycles. The summed E-state index contributed by atoms with van der Waals surface area (Å²) < 4.78 is 17.1. The largest absolute Gasteiger partial charge is 0.377 e. The number of ether oxygens (including phenoxy) is 3. The van der Waals surface area contributed by atoms with Crippen LogP contribution in [0.2, 0.25) is 0 Å². The van der Waals surface area contributed by atoms with E-state index in [2.05, 4.69) is 27.0 Å². The molecule has 2 saturated heterocycles. The molecule has 130 valence electrons. The van der Waals surface area contributed by atoms with Crippen LogP contribution in [0.5, 0.6) is 0 Å². The molecule has 23 heavy (non-hydrogen) atoms. The Bertz CT molecular complexity index is 462. The van der Waals surface area contributed by atoms with Crippen molar-refractivity contribution in [2.24, 2.45) is 0 Å². The molecule has 2 aliphatic rings. The van der Waals surface area contributed by atoms with Gasteiger partial charge in [-0.05, 0) is 19.3 Å². The second-order valence-electron chi connectivity index (χ2n) is 6.26. The molecule has 1 aromatic heterocycles. The lowest BCUT2D eigenvalue weighted by atomic mass is 10.2. The number of aryl methyl sites for hydroxylation is 1. The van der Waals surface area contributed by atoms with Crippen molar-refractivity contribution in [2.45, 2.75) is 44.8 Å². The van der Waals surface area contributed by atoms with Gasteiger partial charge >= 0.3 is 0 Å². The summed E-state index contributed by atoms with van der Waals surface area (Å²) in [6.45, 7) is 7.87. The van der Waals surface area contributed by atoms with Crippen LogP contribution in [-0.4, -0.2) is 72.2 Å². The van der Waals surface area contributed by atoms with Crippen LogP contribution in [0.25, 0.3) is 0 Å². The number of rotatable bonds is 8. The van der Waals surface area contributed by atoms with Gasteiger partial charge in [-0.25, -0.2) is 4.98 Å². The first-order chi connectivity index (χ1) is 11.3. The third-order valence-electron chi connectivity index (χ3n) is 4.35. The van der Waals surface area contributed by atoms with E-state index >= 15 is 0 Å². The topological polar surface area (TPSA) is 72.5 Å². The average Bonchev–Trinajstić information content (AvgIpc) is 3.24. The first-order valence-corrected chi connectivity index (χ1v) is 8.79. The highest BCUT2D eigenvalue weighted by Gasteiger charge is 2.25. The van der Waals surface area contributed by atoms with Crippen molar-refractivity contribution in [3.05, 3.63) is 11.6 Å². The molecule has 0 amide bonds. The smallest absolute Gasteiger partial charge is 0.180 e. The molecule has 2 atom stereocenters. The van der Waals surface area contributed by atoms with E-state index in [0.717, 1.165) is 76.8 Å². The first kappa shape index (κ1) is 16.8. The van der Waals surface area contributed by atoms with Crippen LogP contribution in [0.4, 0.5) is 0 Å². The Morgan fingerprint density at radius 2 is 2.30 bits per heavy atom. The van der Waals surface area contributed by atoms with Crippen LogP contribution >= 0.6 is 0 Å². The molecular weight excluding hydrogens is 296 g/mol. The number of hydrogen-bond acceptors (Lipinski definition) is 6. The molecule has 0 unspecified atom stereocenters. The molecule has 0 aliphatic carbocycles. The van der Waals surface area contributed by atoms with Crippen LogP contribution in [0.3, 0.4) is 0 Å². The summed E-state index contributed by atoms with van der Waals surface area (Å²) in [4.78, 5) is 6.90. The minimum absolute atomic E-state index is 0.0382. The van der Waals surface area contributed by atoms with Gasteiger partial charge in [0, 0.05) is 32.7 Å². The maximum atomic E-state index is 5.83. The average molecular weight is 324 g/mol. The third-order valence-corrected chi connectivity index (χ3v) is 4.35. The van der Waals surface area contributed by atoms with Crippen molar-refractivity contribution in [2.75, 3.05) is 46.1 Å². The zero-order valence-electron chi connectivity index (χ0n) is 14.0. The van der Waals surface area contributed by atoms with Crippen molar-refractivity contribution in [3.8, 4) is 0 Å². The minimum atomic E-state index is -0.0382. The fraction of sp³-hybridized carbons (Fsp3) is 0.875. The summed E-state index contributed by atoms with van der Waals surface area (Å²) in [7, 11) is 0. The molecule has 2 fully saturated rings. The second kappa shape index (κ2) is 8.73. The van der Waals surface area contributed by atoms with Gasteiger partial charge in [-0.3, -0.25) is 10.00 Å². The molecule has 1 N–H and O–H groups in total. The van der Waals surface area contributed by atoms with E-state index in [1.165, 1.54) is 0 Å². The van der Waals surface area contributed by atoms with E-state index in [-0.39, 0.29) is 6.10 Å². The normalized spacial score (nSPS) is 26.0. The van der Waals surface area contributed by atoms with E-state index in [0.29, 0.717) is 12.7 Å². The van der Waals surface area contributed by atoms with Gasteiger partial charge in [0.2, 0.25) is 0 Å². The maximum Gasteiger partial charge on any atom is 0.180 e. The van der Waals surface area contributed by atoms with Crippen LogP contribution in [-0.2, 0) is 20.6 Å². The zero-order valence-corrected chi connectivity index (χ0v) is 14.0. The zero-order chi connectivity index (χ0) is 15.9. The molecule has 7 heteroatoms. The number of morpholine rings is 1. The lowest BCUT2D eigenvalue weighted by Gasteiger charge is -2.31. The van der Waals surface area contributed by atoms with Crippen molar-refractivity contribution >= 4 is 0 Å². The molecule has 0 spiro atoms. The lowest BCUT2D eigenvalue weighted by Crippen LogP contribution is -2.40. The number of H-pyrrole nitrogens is 1. The highest BCUT2D eigenvalue weighted by Crippen LogP contribution is 2.19. The van der Waals surface area contributed by atoms with Gasteiger partial charge in [0.05, 0.1) is 25.9 Å². The maximum absolute atomic E-state index is 5.83. The standard InChI is InChI=1S/C16H28N4O3/c1-2-4-15-17-16(19-18-15)14-11-20(7-10-23-14)6-9-21-12-13-5-3-8-22-13/h13-14H,2-12H2,1H3,(H,17,18,19)/t13-,14-/m0/s1. The number of hydrogen-bond donors (Lipinski definition) is 1. The monoisotopic (exact) mass is 324 g/mol. The van der Waals surface area contributed by atoms with Crippen molar-refractivity contribution in [3.63, 3.8) is 0 Å². The molecule has 2 aliphatic heterocycles. The number of nitrogens with zero attached hydrogens (tertiary/aromatic N) is 3. The van der Waals surface area contributed by atoms with Gasteiger partial charge in [-0.15, -0.1) is 0 Å². The molecule has 7 nitrogen and oxygen atoms in total. The number of aromatic nitrogens is 3. The highest BCUT2D eigenvalue weighted by molar-refractivity contribution is 4.96. The fourth-order valence-electron chi connectivity index (χ4n) is 3.05. The second-order valence-corrected chi connectivity index (χ2v) is 6.26.